The molecule has 2 rings (SSSR count). The Balaban J connectivity index is 1.95. The second-order valence-corrected chi connectivity index (χ2v) is 6.87. The predicted octanol–water partition coefficient (Wildman–Crippen LogP) is 2.41. The van der Waals surface area contributed by atoms with Crippen molar-refractivity contribution in [3.63, 3.8) is 0 Å². The minimum absolute atomic E-state index is 0.186. The Morgan fingerprint density at radius 1 is 1.21 bits per heavy atom. The van der Waals surface area contributed by atoms with Crippen LogP contribution in [0, 0.1) is 5.92 Å². The molecular formula is C15H27N3S. The average Bonchev–Trinajstić information content (AvgIpc) is 2.84. The Bertz CT molecular complexity index is 353. The van der Waals surface area contributed by atoms with Crippen molar-refractivity contribution in [1.82, 2.24) is 9.80 Å². The van der Waals surface area contributed by atoms with Gasteiger partial charge >= 0.3 is 0 Å². The molecule has 0 saturated carbocycles. The Hall–Kier alpha value is -0.420. The number of hydrogen-bond acceptors (Lipinski definition) is 4. The van der Waals surface area contributed by atoms with Gasteiger partial charge in [0, 0.05) is 38.8 Å². The quantitative estimate of drug-likeness (QED) is 0.899. The summed E-state index contributed by atoms with van der Waals surface area (Å²) in [5.74, 6) is 0.757. The third-order valence-electron chi connectivity index (χ3n) is 3.81. The largest absolute Gasteiger partial charge is 0.326 e. The summed E-state index contributed by atoms with van der Waals surface area (Å²) in [4.78, 5) is 5.14. The van der Waals surface area contributed by atoms with Crippen molar-refractivity contribution in [3.05, 3.63) is 22.4 Å². The van der Waals surface area contributed by atoms with Crippen LogP contribution in [0.1, 0.15) is 32.4 Å². The zero-order chi connectivity index (χ0) is 13.8. The highest BCUT2D eigenvalue weighted by atomic mass is 32.1. The van der Waals surface area contributed by atoms with Gasteiger partial charge in [0.2, 0.25) is 0 Å². The van der Waals surface area contributed by atoms with Gasteiger partial charge in [-0.05, 0) is 35.2 Å². The molecule has 2 heterocycles. The Morgan fingerprint density at radius 3 is 2.37 bits per heavy atom. The molecule has 19 heavy (non-hydrogen) atoms. The first kappa shape index (κ1) is 15.0. The van der Waals surface area contributed by atoms with Crippen molar-refractivity contribution in [1.29, 1.82) is 0 Å². The maximum atomic E-state index is 6.22. The molecule has 0 aromatic carbocycles. The van der Waals surface area contributed by atoms with E-state index >= 15 is 0 Å². The van der Waals surface area contributed by atoms with Crippen LogP contribution in [-0.4, -0.2) is 48.6 Å². The number of piperazine rings is 1. The predicted molar refractivity (Wildman–Crippen MR) is 83.6 cm³/mol. The zero-order valence-corrected chi connectivity index (χ0v) is 13.2. The van der Waals surface area contributed by atoms with Crippen molar-refractivity contribution in [3.8, 4) is 0 Å². The van der Waals surface area contributed by atoms with Crippen LogP contribution in [0.2, 0.25) is 0 Å². The highest BCUT2D eigenvalue weighted by Crippen LogP contribution is 2.26. The molecule has 108 valence electrons. The molecule has 1 fully saturated rings. The molecular weight excluding hydrogens is 254 g/mol. The summed E-state index contributed by atoms with van der Waals surface area (Å²) in [7, 11) is 0. The molecule has 3 nitrogen and oxygen atoms in total. The summed E-state index contributed by atoms with van der Waals surface area (Å²) in [5, 5.41) is 4.40. The summed E-state index contributed by atoms with van der Waals surface area (Å²) in [6.07, 6.45) is 0. The van der Waals surface area contributed by atoms with Gasteiger partial charge in [-0.25, -0.2) is 0 Å². The molecule has 1 aliphatic heterocycles. The van der Waals surface area contributed by atoms with Gasteiger partial charge < -0.3 is 10.6 Å². The topological polar surface area (TPSA) is 32.5 Å². The monoisotopic (exact) mass is 281 g/mol. The van der Waals surface area contributed by atoms with Crippen LogP contribution in [0.15, 0.2) is 16.8 Å². The van der Waals surface area contributed by atoms with Crippen LogP contribution in [0.4, 0.5) is 0 Å². The molecule has 1 saturated heterocycles. The standard InChI is InChI=1S/C15H27N3S/c1-12(2)10-17-5-7-18(8-6-17)15(13(3)16)14-4-9-19-11-14/h4,9,11-13,15H,5-8,10,16H2,1-3H3. The van der Waals surface area contributed by atoms with Gasteiger partial charge in [0.05, 0.1) is 6.04 Å². The molecule has 0 radical (unpaired) electrons. The van der Waals surface area contributed by atoms with E-state index in [-0.39, 0.29) is 6.04 Å². The van der Waals surface area contributed by atoms with Crippen LogP contribution in [0.3, 0.4) is 0 Å². The number of nitrogens with two attached hydrogens (primary N) is 1. The zero-order valence-electron chi connectivity index (χ0n) is 12.4. The molecule has 0 aliphatic carbocycles. The Morgan fingerprint density at radius 2 is 1.89 bits per heavy atom. The normalized spacial score (nSPS) is 21.7. The first-order valence-corrected chi connectivity index (χ1v) is 8.26. The van der Waals surface area contributed by atoms with E-state index in [0.717, 1.165) is 19.0 Å². The van der Waals surface area contributed by atoms with E-state index in [0.29, 0.717) is 6.04 Å². The van der Waals surface area contributed by atoms with Crippen LogP contribution in [0.25, 0.3) is 0 Å². The molecule has 0 spiro atoms. The van der Waals surface area contributed by atoms with Gasteiger partial charge in [0.25, 0.3) is 0 Å². The minimum Gasteiger partial charge on any atom is -0.326 e. The summed E-state index contributed by atoms with van der Waals surface area (Å²) < 4.78 is 0. The van der Waals surface area contributed by atoms with Crippen LogP contribution in [0.5, 0.6) is 0 Å². The smallest absolute Gasteiger partial charge is 0.0505 e. The van der Waals surface area contributed by atoms with E-state index in [4.69, 9.17) is 5.73 Å². The number of rotatable bonds is 5. The second-order valence-electron chi connectivity index (χ2n) is 6.09. The Labute approximate surface area is 121 Å². The molecule has 1 aromatic rings. The van der Waals surface area contributed by atoms with E-state index < -0.39 is 0 Å². The summed E-state index contributed by atoms with van der Waals surface area (Å²) >= 11 is 1.77. The molecule has 4 heteroatoms. The number of nitrogens with zero attached hydrogens (tertiary/aromatic N) is 2. The summed E-state index contributed by atoms with van der Waals surface area (Å²) in [6.45, 7) is 12.5. The first-order valence-electron chi connectivity index (χ1n) is 7.32. The highest BCUT2D eigenvalue weighted by Gasteiger charge is 2.27. The molecule has 1 aromatic heterocycles. The second kappa shape index (κ2) is 6.84. The fourth-order valence-corrected chi connectivity index (χ4v) is 3.72. The van der Waals surface area contributed by atoms with E-state index in [1.807, 2.05) is 0 Å². The lowest BCUT2D eigenvalue weighted by Gasteiger charge is -2.41. The molecule has 0 bridgehead atoms. The van der Waals surface area contributed by atoms with Crippen LogP contribution in [-0.2, 0) is 0 Å². The van der Waals surface area contributed by atoms with Gasteiger partial charge in [-0.15, -0.1) is 0 Å². The van der Waals surface area contributed by atoms with Crippen molar-refractivity contribution < 1.29 is 0 Å². The maximum absolute atomic E-state index is 6.22. The third-order valence-corrected chi connectivity index (χ3v) is 4.51. The van der Waals surface area contributed by atoms with Crippen molar-refractivity contribution in [2.45, 2.75) is 32.9 Å². The number of thiophene rings is 1. The summed E-state index contributed by atoms with van der Waals surface area (Å²) in [6, 6.07) is 2.79. The fourth-order valence-electron chi connectivity index (χ4n) is 3.03. The highest BCUT2D eigenvalue weighted by molar-refractivity contribution is 7.07. The van der Waals surface area contributed by atoms with Crippen LogP contribution >= 0.6 is 11.3 Å². The van der Waals surface area contributed by atoms with Crippen molar-refractivity contribution in [2.75, 3.05) is 32.7 Å². The lowest BCUT2D eigenvalue weighted by molar-refractivity contribution is 0.0806. The van der Waals surface area contributed by atoms with Gasteiger partial charge in [-0.3, -0.25) is 4.90 Å². The molecule has 2 atom stereocenters. The van der Waals surface area contributed by atoms with Gasteiger partial charge in [-0.1, -0.05) is 13.8 Å². The van der Waals surface area contributed by atoms with E-state index in [1.165, 1.54) is 25.2 Å². The van der Waals surface area contributed by atoms with Gasteiger partial charge in [0.15, 0.2) is 0 Å². The van der Waals surface area contributed by atoms with Crippen LogP contribution < -0.4 is 5.73 Å². The van der Waals surface area contributed by atoms with E-state index in [9.17, 15) is 0 Å². The molecule has 0 amide bonds. The molecule has 2 unspecified atom stereocenters. The fraction of sp³-hybridized carbons (Fsp3) is 0.733. The minimum atomic E-state index is 0.186. The lowest BCUT2D eigenvalue weighted by atomic mass is 10.0. The third kappa shape index (κ3) is 4.02. The van der Waals surface area contributed by atoms with Gasteiger partial charge in [0.1, 0.15) is 0 Å². The Kier molecular flexibility index (Phi) is 5.39. The molecule has 1 aliphatic rings. The van der Waals surface area contributed by atoms with E-state index in [2.05, 4.69) is 47.4 Å². The molecule has 2 N–H and O–H groups in total. The SMILES string of the molecule is CC(C)CN1CCN(C(c2ccsc2)C(C)N)CC1. The van der Waals surface area contributed by atoms with Crippen molar-refractivity contribution in [2.24, 2.45) is 11.7 Å². The van der Waals surface area contributed by atoms with E-state index in [1.54, 1.807) is 11.3 Å². The summed E-state index contributed by atoms with van der Waals surface area (Å²) in [5.41, 5.74) is 7.61. The lowest BCUT2D eigenvalue weighted by Crippen LogP contribution is -2.51. The average molecular weight is 281 g/mol. The van der Waals surface area contributed by atoms with Gasteiger partial charge in [-0.2, -0.15) is 11.3 Å². The maximum Gasteiger partial charge on any atom is 0.0505 e. The first-order chi connectivity index (χ1) is 9.08. The van der Waals surface area contributed by atoms with Crippen molar-refractivity contribution >= 4 is 11.3 Å². The number of hydrogen-bond donors (Lipinski definition) is 1.